The summed E-state index contributed by atoms with van der Waals surface area (Å²) in [6.45, 7) is -0.253. The second-order valence-corrected chi connectivity index (χ2v) is 4.65. The van der Waals surface area contributed by atoms with Crippen molar-refractivity contribution in [2.45, 2.75) is 0 Å². The van der Waals surface area contributed by atoms with E-state index in [0.29, 0.717) is 21.9 Å². The van der Waals surface area contributed by atoms with Crippen molar-refractivity contribution >= 4 is 23.3 Å². The number of carbonyl (C=O) groups is 3. The van der Waals surface area contributed by atoms with Crippen LogP contribution in [0.3, 0.4) is 0 Å². The first-order valence-electron chi connectivity index (χ1n) is 6.07. The highest BCUT2D eigenvalue weighted by Crippen LogP contribution is 2.28. The average molecular weight is 278 g/mol. The zero-order chi connectivity index (χ0) is 14.7. The third kappa shape index (κ3) is 3.33. The van der Waals surface area contributed by atoms with Gasteiger partial charge in [-0.3, -0.25) is 9.59 Å². The van der Waals surface area contributed by atoms with Gasteiger partial charge in [0.2, 0.25) is 5.78 Å². The molecule has 7 nitrogen and oxygen atoms in total. The molecule has 7 heteroatoms. The van der Waals surface area contributed by atoms with E-state index in [0.717, 1.165) is 0 Å². The van der Waals surface area contributed by atoms with Crippen LogP contribution in [0.1, 0.15) is 10.4 Å². The number of aliphatic carboxylic acids is 1. The molecule has 1 aromatic rings. The molecule has 1 aliphatic heterocycles. The molecule has 0 saturated heterocycles. The summed E-state index contributed by atoms with van der Waals surface area (Å²) >= 11 is 0. The van der Waals surface area contributed by atoms with E-state index < -0.39 is 5.97 Å². The standard InChI is InChI=1S/C13H14N2O5/c1-15(6-13(18)19)5-10(16)8-2-3-11-9(4-8)14-12(17)7-20-11/h2-4H,5-7H2,1H3,(H,14,17)(H,18,19). The topological polar surface area (TPSA) is 100.0 Å². The van der Waals surface area contributed by atoms with E-state index in [1.165, 1.54) is 6.07 Å². The molecule has 2 rings (SSSR count). The number of carboxylic acids is 1. The Morgan fingerprint density at radius 2 is 2.15 bits per heavy atom. The lowest BCUT2D eigenvalue weighted by molar-refractivity contribution is -0.864. The van der Waals surface area contributed by atoms with Crippen molar-refractivity contribution in [3.63, 3.8) is 0 Å². The number of amides is 1. The maximum absolute atomic E-state index is 12.0. The normalized spacial score (nSPS) is 14.8. The number of ether oxygens (including phenoxy) is 1. The lowest BCUT2D eigenvalue weighted by Crippen LogP contribution is -3.11. The van der Waals surface area contributed by atoms with Crippen LogP contribution < -0.4 is 20.1 Å². The Kier molecular flexibility index (Phi) is 3.99. The van der Waals surface area contributed by atoms with Crippen LogP contribution in [0.15, 0.2) is 18.2 Å². The Balaban J connectivity index is 2.09. The molecular formula is C13H14N2O5. The Labute approximate surface area is 115 Å². The molecule has 20 heavy (non-hydrogen) atoms. The van der Waals surface area contributed by atoms with Gasteiger partial charge in [-0.15, -0.1) is 0 Å². The van der Waals surface area contributed by atoms with Gasteiger partial charge in [0.1, 0.15) is 18.8 Å². The van der Waals surface area contributed by atoms with E-state index in [-0.39, 0.29) is 31.4 Å². The van der Waals surface area contributed by atoms with Gasteiger partial charge >= 0.3 is 0 Å². The third-order valence-electron chi connectivity index (χ3n) is 2.84. The summed E-state index contributed by atoms with van der Waals surface area (Å²) in [5.74, 6) is -1.19. The van der Waals surface area contributed by atoms with Crippen LogP contribution in [0.5, 0.6) is 5.75 Å². The highest BCUT2D eigenvalue weighted by Gasteiger charge is 2.19. The van der Waals surface area contributed by atoms with Crippen LogP contribution in [0.2, 0.25) is 0 Å². The number of hydrogen-bond acceptors (Lipinski definition) is 5. The molecule has 106 valence electrons. The van der Waals surface area contributed by atoms with Gasteiger partial charge in [-0.1, -0.05) is 0 Å². The molecular weight excluding hydrogens is 264 g/mol. The Morgan fingerprint density at radius 1 is 1.40 bits per heavy atom. The number of anilines is 1. The van der Waals surface area contributed by atoms with E-state index in [1.807, 2.05) is 0 Å². The number of rotatable bonds is 5. The molecule has 0 saturated carbocycles. The molecule has 0 fully saturated rings. The van der Waals surface area contributed by atoms with Crippen LogP contribution >= 0.6 is 0 Å². The number of nitrogens with one attached hydrogen (secondary N) is 2. The van der Waals surface area contributed by atoms with Crippen molar-refractivity contribution in [1.82, 2.24) is 0 Å². The maximum atomic E-state index is 12.0. The van der Waals surface area contributed by atoms with Crippen molar-refractivity contribution in [2.75, 3.05) is 32.1 Å². The minimum Gasteiger partial charge on any atom is -0.544 e. The number of ketones is 1. The summed E-state index contributed by atoms with van der Waals surface area (Å²) < 4.78 is 5.19. The molecule has 2 N–H and O–H groups in total. The summed E-state index contributed by atoms with van der Waals surface area (Å²) in [5, 5.41) is 13.1. The smallest absolute Gasteiger partial charge is 0.262 e. The molecule has 1 unspecified atom stereocenters. The highest BCUT2D eigenvalue weighted by molar-refractivity contribution is 6.01. The average Bonchev–Trinajstić information content (AvgIpc) is 2.36. The second kappa shape index (κ2) is 5.70. The Hall–Kier alpha value is -2.41. The molecule has 1 aliphatic rings. The zero-order valence-corrected chi connectivity index (χ0v) is 10.9. The van der Waals surface area contributed by atoms with E-state index >= 15 is 0 Å². The predicted octanol–water partition coefficient (Wildman–Crippen LogP) is -2.54. The van der Waals surface area contributed by atoms with E-state index in [4.69, 9.17) is 4.74 Å². The van der Waals surface area contributed by atoms with Gasteiger partial charge in [0.05, 0.1) is 18.7 Å². The van der Waals surface area contributed by atoms with Crippen molar-refractivity contribution < 1.29 is 29.1 Å². The number of quaternary nitrogens is 1. The molecule has 0 radical (unpaired) electrons. The van der Waals surface area contributed by atoms with Crippen LogP contribution in [-0.4, -0.2) is 44.4 Å². The number of Topliss-reactive ketones (excluding diaryl/α,β-unsaturated/α-hetero) is 1. The number of carboxylic acid groups (broad SMARTS) is 1. The van der Waals surface area contributed by atoms with Gasteiger partial charge in [-0.05, 0) is 18.2 Å². The highest BCUT2D eigenvalue weighted by atomic mass is 16.5. The lowest BCUT2D eigenvalue weighted by atomic mass is 10.1. The number of hydrogen-bond donors (Lipinski definition) is 2. The van der Waals surface area contributed by atoms with Crippen LogP contribution in [0, 0.1) is 0 Å². The predicted molar refractivity (Wildman–Crippen MR) is 66.5 cm³/mol. The van der Waals surface area contributed by atoms with Gasteiger partial charge in [0.15, 0.2) is 6.61 Å². The largest absolute Gasteiger partial charge is 0.544 e. The molecule has 1 amide bonds. The summed E-state index contributed by atoms with van der Waals surface area (Å²) in [4.78, 5) is 34.2. The van der Waals surface area contributed by atoms with Crippen molar-refractivity contribution in [1.29, 1.82) is 0 Å². The summed E-state index contributed by atoms with van der Waals surface area (Å²) in [6.07, 6.45) is 0. The molecule has 1 heterocycles. The van der Waals surface area contributed by atoms with Crippen molar-refractivity contribution in [3.8, 4) is 5.75 Å². The fourth-order valence-corrected chi connectivity index (χ4v) is 1.94. The monoisotopic (exact) mass is 278 g/mol. The Bertz CT molecular complexity index is 570. The summed E-state index contributed by atoms with van der Waals surface area (Å²) in [7, 11) is 1.59. The summed E-state index contributed by atoms with van der Waals surface area (Å²) in [5.41, 5.74) is 0.844. The van der Waals surface area contributed by atoms with Crippen molar-refractivity contribution in [2.24, 2.45) is 0 Å². The van der Waals surface area contributed by atoms with Gasteiger partial charge in [0.25, 0.3) is 5.91 Å². The Morgan fingerprint density at radius 3 is 2.85 bits per heavy atom. The fraction of sp³-hybridized carbons (Fsp3) is 0.308. The first-order valence-corrected chi connectivity index (χ1v) is 6.07. The number of benzene rings is 1. The molecule has 0 spiro atoms. The molecule has 0 bridgehead atoms. The van der Waals surface area contributed by atoms with Crippen LogP contribution in [0.4, 0.5) is 5.69 Å². The van der Waals surface area contributed by atoms with E-state index in [2.05, 4.69) is 5.32 Å². The zero-order valence-electron chi connectivity index (χ0n) is 10.9. The maximum Gasteiger partial charge on any atom is 0.262 e. The fourth-order valence-electron chi connectivity index (χ4n) is 1.94. The first-order chi connectivity index (χ1) is 9.45. The lowest BCUT2D eigenvalue weighted by Gasteiger charge is -2.18. The molecule has 1 atom stereocenters. The quantitative estimate of drug-likeness (QED) is 0.578. The second-order valence-electron chi connectivity index (χ2n) is 4.65. The van der Waals surface area contributed by atoms with Gasteiger partial charge in [-0.2, -0.15) is 0 Å². The van der Waals surface area contributed by atoms with Gasteiger partial charge in [0, 0.05) is 5.56 Å². The minimum atomic E-state index is -1.21. The summed E-state index contributed by atoms with van der Waals surface area (Å²) in [6, 6.07) is 4.72. The van der Waals surface area contributed by atoms with E-state index in [9.17, 15) is 19.5 Å². The number of likely N-dealkylation sites (N-methyl/N-ethyl adjacent to an activating group) is 1. The number of carbonyl (C=O) groups excluding carboxylic acids is 3. The van der Waals surface area contributed by atoms with Crippen LogP contribution in [-0.2, 0) is 9.59 Å². The molecule has 0 aliphatic carbocycles. The first kappa shape index (κ1) is 14.0. The SMILES string of the molecule is C[NH+](CC(=O)[O-])CC(=O)c1ccc2c(c1)NC(=O)CO2. The molecule has 0 aromatic heterocycles. The van der Waals surface area contributed by atoms with Gasteiger partial charge in [-0.25, -0.2) is 0 Å². The minimum absolute atomic E-state index is 0.0293. The van der Waals surface area contributed by atoms with Gasteiger partial charge < -0.3 is 24.9 Å². The molecule has 1 aromatic carbocycles. The number of fused-ring (bicyclic) bond motifs is 1. The van der Waals surface area contributed by atoms with E-state index in [1.54, 1.807) is 19.2 Å². The van der Waals surface area contributed by atoms with Crippen LogP contribution in [0.25, 0.3) is 0 Å². The third-order valence-corrected chi connectivity index (χ3v) is 2.84. The van der Waals surface area contributed by atoms with Crippen molar-refractivity contribution in [3.05, 3.63) is 23.8 Å².